The predicted molar refractivity (Wildman–Crippen MR) is 114 cm³/mol. The van der Waals surface area contributed by atoms with Gasteiger partial charge in [0.2, 0.25) is 15.9 Å². The highest BCUT2D eigenvalue weighted by Gasteiger charge is 2.27. The third kappa shape index (κ3) is 5.68. The second kappa shape index (κ2) is 9.71. The molecule has 0 N–H and O–H groups in total. The first-order valence-electron chi connectivity index (χ1n) is 9.62. The summed E-state index contributed by atoms with van der Waals surface area (Å²) >= 11 is 0. The molecule has 0 atom stereocenters. The quantitative estimate of drug-likeness (QED) is 0.699. The lowest BCUT2D eigenvalue weighted by Crippen LogP contribution is -2.50. The lowest BCUT2D eigenvalue weighted by Gasteiger charge is -2.33. The number of carbonyl (C=O) groups excluding carboxylic acids is 1. The molecule has 0 saturated carbocycles. The summed E-state index contributed by atoms with van der Waals surface area (Å²) in [6.07, 6.45) is 2.57. The summed E-state index contributed by atoms with van der Waals surface area (Å²) in [5.74, 6) is 0.814. The number of nitrogens with zero attached hydrogens (tertiary/aromatic N) is 2. The molecule has 0 aromatic heterocycles. The Balaban J connectivity index is 1.51. The molecule has 7 heteroatoms. The molecule has 3 rings (SSSR count). The van der Waals surface area contributed by atoms with E-state index in [1.807, 2.05) is 54.6 Å². The van der Waals surface area contributed by atoms with Gasteiger partial charge in [-0.1, -0.05) is 48.5 Å². The minimum atomic E-state index is -3.50. The van der Waals surface area contributed by atoms with Crippen molar-refractivity contribution < 1.29 is 17.9 Å². The fourth-order valence-electron chi connectivity index (χ4n) is 3.32. The monoisotopic (exact) mass is 414 g/mol. The normalized spacial score (nSPS) is 15.6. The van der Waals surface area contributed by atoms with E-state index in [1.54, 1.807) is 18.1 Å². The first-order chi connectivity index (χ1) is 14.0. The van der Waals surface area contributed by atoms with Crippen LogP contribution in [-0.2, 0) is 21.2 Å². The standard InChI is InChI=1S/C22H26N2O4S/c1-28-21-10-6-5-9-20(21)11-12-22(25)23-14-16-24(17-15-23)29(26,27)18-13-19-7-3-2-4-8-19/h2-10,13,18H,11-12,14-17H2,1H3. The number of benzene rings is 2. The third-order valence-electron chi connectivity index (χ3n) is 4.98. The van der Waals surface area contributed by atoms with Crippen molar-refractivity contribution >= 4 is 22.0 Å². The summed E-state index contributed by atoms with van der Waals surface area (Å²) in [6, 6.07) is 17.0. The van der Waals surface area contributed by atoms with Gasteiger partial charge >= 0.3 is 0 Å². The number of amides is 1. The van der Waals surface area contributed by atoms with Crippen molar-refractivity contribution in [3.8, 4) is 5.75 Å². The van der Waals surface area contributed by atoms with Gasteiger partial charge < -0.3 is 9.64 Å². The summed E-state index contributed by atoms with van der Waals surface area (Å²) in [6.45, 7) is 1.43. The molecule has 1 aliphatic heterocycles. The van der Waals surface area contributed by atoms with Crippen molar-refractivity contribution in [2.24, 2.45) is 0 Å². The zero-order chi connectivity index (χ0) is 20.7. The lowest BCUT2D eigenvalue weighted by molar-refractivity contribution is -0.132. The van der Waals surface area contributed by atoms with Crippen LogP contribution in [0.15, 0.2) is 60.0 Å². The molecular formula is C22H26N2O4S. The Labute approximate surface area is 172 Å². The number of sulfonamides is 1. The number of ether oxygens (including phenoxy) is 1. The Bertz CT molecular complexity index is 950. The topological polar surface area (TPSA) is 66.9 Å². The van der Waals surface area contributed by atoms with Crippen LogP contribution in [0.5, 0.6) is 5.75 Å². The number of hydrogen-bond acceptors (Lipinski definition) is 4. The van der Waals surface area contributed by atoms with Gasteiger partial charge in [-0.15, -0.1) is 0 Å². The van der Waals surface area contributed by atoms with Crippen LogP contribution in [0.2, 0.25) is 0 Å². The third-order valence-corrected chi connectivity index (χ3v) is 6.55. The van der Waals surface area contributed by atoms with E-state index in [2.05, 4.69) is 0 Å². The molecule has 2 aromatic rings. The fraction of sp³-hybridized carbons (Fsp3) is 0.318. The smallest absolute Gasteiger partial charge is 0.236 e. The molecule has 154 valence electrons. The molecule has 0 bridgehead atoms. The average molecular weight is 415 g/mol. The number of piperazine rings is 1. The largest absolute Gasteiger partial charge is 0.496 e. The zero-order valence-corrected chi connectivity index (χ0v) is 17.3. The zero-order valence-electron chi connectivity index (χ0n) is 16.5. The van der Waals surface area contributed by atoms with Gasteiger partial charge in [0.25, 0.3) is 0 Å². The Morgan fingerprint density at radius 3 is 2.34 bits per heavy atom. The van der Waals surface area contributed by atoms with Gasteiger partial charge in [-0.3, -0.25) is 4.79 Å². The van der Waals surface area contributed by atoms with Gasteiger partial charge in [0.15, 0.2) is 0 Å². The number of aryl methyl sites for hydroxylation is 1. The van der Waals surface area contributed by atoms with E-state index in [4.69, 9.17) is 4.74 Å². The number of para-hydroxylation sites is 1. The number of hydrogen-bond donors (Lipinski definition) is 0. The SMILES string of the molecule is COc1ccccc1CCC(=O)N1CCN(S(=O)(=O)C=Cc2ccccc2)CC1. The van der Waals surface area contributed by atoms with Crippen molar-refractivity contribution in [1.82, 2.24) is 9.21 Å². The maximum absolute atomic E-state index is 12.5. The van der Waals surface area contributed by atoms with Crippen LogP contribution in [0.4, 0.5) is 0 Å². The van der Waals surface area contributed by atoms with Gasteiger partial charge in [-0.2, -0.15) is 4.31 Å². The van der Waals surface area contributed by atoms with E-state index in [1.165, 1.54) is 9.71 Å². The van der Waals surface area contributed by atoms with E-state index >= 15 is 0 Å². The minimum Gasteiger partial charge on any atom is -0.496 e. The Kier molecular flexibility index (Phi) is 7.06. The molecule has 2 aromatic carbocycles. The highest BCUT2D eigenvalue weighted by Crippen LogP contribution is 2.20. The van der Waals surface area contributed by atoms with Crippen LogP contribution >= 0.6 is 0 Å². The lowest BCUT2D eigenvalue weighted by atomic mass is 10.1. The molecule has 29 heavy (non-hydrogen) atoms. The van der Waals surface area contributed by atoms with E-state index in [9.17, 15) is 13.2 Å². The summed E-state index contributed by atoms with van der Waals surface area (Å²) in [5.41, 5.74) is 1.83. The second-order valence-electron chi connectivity index (χ2n) is 6.85. The first kappa shape index (κ1) is 21.1. The summed E-state index contributed by atoms with van der Waals surface area (Å²) < 4.78 is 31.8. The van der Waals surface area contributed by atoms with Crippen molar-refractivity contribution in [2.45, 2.75) is 12.8 Å². The van der Waals surface area contributed by atoms with Crippen molar-refractivity contribution in [2.75, 3.05) is 33.3 Å². The molecule has 1 aliphatic rings. The van der Waals surface area contributed by atoms with Crippen LogP contribution < -0.4 is 4.74 Å². The first-order valence-corrected chi connectivity index (χ1v) is 11.1. The van der Waals surface area contributed by atoms with Gasteiger partial charge in [-0.05, 0) is 29.7 Å². The van der Waals surface area contributed by atoms with Crippen LogP contribution in [0.3, 0.4) is 0 Å². The minimum absolute atomic E-state index is 0.0350. The number of carbonyl (C=O) groups is 1. The Hall–Kier alpha value is -2.64. The Morgan fingerprint density at radius 2 is 1.66 bits per heavy atom. The molecule has 1 amide bonds. The maximum Gasteiger partial charge on any atom is 0.236 e. The average Bonchev–Trinajstić information content (AvgIpc) is 2.77. The molecule has 1 saturated heterocycles. The molecular weight excluding hydrogens is 388 g/mol. The van der Waals surface area contributed by atoms with Crippen LogP contribution in [0.25, 0.3) is 6.08 Å². The molecule has 0 aliphatic carbocycles. The van der Waals surface area contributed by atoms with E-state index in [0.717, 1.165) is 16.9 Å². The summed E-state index contributed by atoms with van der Waals surface area (Å²) in [7, 11) is -1.88. The highest BCUT2D eigenvalue weighted by atomic mass is 32.2. The van der Waals surface area contributed by atoms with Crippen LogP contribution in [0, 0.1) is 0 Å². The predicted octanol–water partition coefficient (Wildman–Crippen LogP) is 2.77. The Morgan fingerprint density at radius 1 is 1.00 bits per heavy atom. The summed E-state index contributed by atoms with van der Waals surface area (Å²) in [5, 5.41) is 1.24. The maximum atomic E-state index is 12.5. The highest BCUT2D eigenvalue weighted by molar-refractivity contribution is 7.92. The molecule has 1 fully saturated rings. The van der Waals surface area contributed by atoms with Gasteiger partial charge in [-0.25, -0.2) is 8.42 Å². The summed E-state index contributed by atoms with van der Waals surface area (Å²) in [4.78, 5) is 14.3. The molecule has 0 radical (unpaired) electrons. The molecule has 1 heterocycles. The van der Waals surface area contributed by atoms with Crippen molar-refractivity contribution in [3.63, 3.8) is 0 Å². The van der Waals surface area contributed by atoms with Crippen molar-refractivity contribution in [3.05, 3.63) is 71.1 Å². The van der Waals surface area contributed by atoms with E-state index in [0.29, 0.717) is 39.0 Å². The second-order valence-corrected chi connectivity index (χ2v) is 8.67. The van der Waals surface area contributed by atoms with E-state index in [-0.39, 0.29) is 5.91 Å². The molecule has 0 unspecified atom stereocenters. The van der Waals surface area contributed by atoms with Gasteiger partial charge in [0.05, 0.1) is 7.11 Å². The van der Waals surface area contributed by atoms with Gasteiger partial charge in [0.1, 0.15) is 5.75 Å². The van der Waals surface area contributed by atoms with Gasteiger partial charge in [0, 0.05) is 38.0 Å². The fourth-order valence-corrected chi connectivity index (χ4v) is 4.49. The molecule has 0 spiro atoms. The molecule has 6 nitrogen and oxygen atoms in total. The van der Waals surface area contributed by atoms with Crippen LogP contribution in [-0.4, -0.2) is 56.8 Å². The number of methoxy groups -OCH3 is 1. The van der Waals surface area contributed by atoms with Crippen LogP contribution in [0.1, 0.15) is 17.5 Å². The van der Waals surface area contributed by atoms with E-state index < -0.39 is 10.0 Å². The number of rotatable bonds is 7. The van der Waals surface area contributed by atoms with Crippen molar-refractivity contribution in [1.29, 1.82) is 0 Å².